The molecule has 0 saturated carbocycles. The SMILES string of the molecule is CN=C(NCCOCCOC)NCc1cc(Cl)cc(Cl)c1OC(F)F. The van der Waals surface area contributed by atoms with Crippen LogP contribution in [0.1, 0.15) is 5.56 Å². The van der Waals surface area contributed by atoms with Gasteiger partial charge in [0.2, 0.25) is 0 Å². The van der Waals surface area contributed by atoms with E-state index in [0.29, 0.717) is 42.9 Å². The minimum atomic E-state index is -2.99. The Morgan fingerprint density at radius 2 is 1.96 bits per heavy atom. The molecular formula is C15H21Cl2F2N3O3. The molecule has 0 aromatic heterocycles. The Bertz CT molecular complexity index is 563. The van der Waals surface area contributed by atoms with Crippen molar-refractivity contribution in [1.82, 2.24) is 10.6 Å². The highest BCUT2D eigenvalue weighted by atomic mass is 35.5. The van der Waals surface area contributed by atoms with E-state index >= 15 is 0 Å². The van der Waals surface area contributed by atoms with Crippen LogP contribution in [0.3, 0.4) is 0 Å². The van der Waals surface area contributed by atoms with E-state index in [1.165, 1.54) is 12.1 Å². The first-order valence-corrected chi connectivity index (χ1v) is 8.17. The average molecular weight is 400 g/mol. The van der Waals surface area contributed by atoms with E-state index in [0.717, 1.165) is 0 Å². The third kappa shape index (κ3) is 8.53. The van der Waals surface area contributed by atoms with Crippen molar-refractivity contribution in [2.75, 3.05) is 40.5 Å². The van der Waals surface area contributed by atoms with Crippen molar-refractivity contribution >= 4 is 29.2 Å². The lowest BCUT2D eigenvalue weighted by molar-refractivity contribution is -0.0504. The van der Waals surface area contributed by atoms with Crippen molar-refractivity contribution in [2.45, 2.75) is 13.2 Å². The average Bonchev–Trinajstić information content (AvgIpc) is 2.56. The van der Waals surface area contributed by atoms with Crippen molar-refractivity contribution in [3.63, 3.8) is 0 Å². The zero-order valence-corrected chi connectivity index (χ0v) is 15.5. The van der Waals surface area contributed by atoms with Crippen LogP contribution in [0.2, 0.25) is 10.0 Å². The molecule has 0 radical (unpaired) electrons. The molecule has 0 fully saturated rings. The van der Waals surface area contributed by atoms with Crippen LogP contribution < -0.4 is 15.4 Å². The number of nitrogens with one attached hydrogen (secondary N) is 2. The first-order valence-electron chi connectivity index (χ1n) is 7.41. The third-order valence-corrected chi connectivity index (χ3v) is 3.43. The summed E-state index contributed by atoms with van der Waals surface area (Å²) in [5.74, 6) is 0.348. The monoisotopic (exact) mass is 399 g/mol. The van der Waals surface area contributed by atoms with Crippen LogP contribution in [0.25, 0.3) is 0 Å². The normalized spacial score (nSPS) is 11.7. The summed E-state index contributed by atoms with van der Waals surface area (Å²) < 4.78 is 39.8. The fourth-order valence-electron chi connectivity index (χ4n) is 1.85. The first-order chi connectivity index (χ1) is 12.0. The van der Waals surface area contributed by atoms with Gasteiger partial charge in [0.15, 0.2) is 5.96 Å². The Balaban J connectivity index is 2.57. The second-order valence-electron chi connectivity index (χ2n) is 4.71. The number of nitrogens with zero attached hydrogens (tertiary/aromatic N) is 1. The summed E-state index contributed by atoms with van der Waals surface area (Å²) >= 11 is 11.9. The van der Waals surface area contributed by atoms with Gasteiger partial charge in [0, 0.05) is 37.8 Å². The number of halogens is 4. The molecule has 0 unspecified atom stereocenters. The van der Waals surface area contributed by atoms with E-state index in [9.17, 15) is 8.78 Å². The number of ether oxygens (including phenoxy) is 3. The van der Waals surface area contributed by atoms with Gasteiger partial charge in [-0.2, -0.15) is 8.78 Å². The number of methoxy groups -OCH3 is 1. The largest absolute Gasteiger partial charge is 0.433 e. The molecule has 0 aliphatic carbocycles. The highest BCUT2D eigenvalue weighted by Crippen LogP contribution is 2.33. The van der Waals surface area contributed by atoms with Gasteiger partial charge in [-0.3, -0.25) is 4.99 Å². The molecule has 6 nitrogen and oxygen atoms in total. The molecule has 0 aliphatic heterocycles. The Hall–Kier alpha value is -1.35. The standard InChI is InChI=1S/C15H21Cl2F2N3O3/c1-20-15(21-3-4-24-6-5-23-2)22-9-10-7-11(16)8-12(17)13(10)25-14(18)19/h7-8,14H,3-6,9H2,1-2H3,(H2,20,21,22). The summed E-state index contributed by atoms with van der Waals surface area (Å²) in [7, 11) is 3.18. The second-order valence-corrected chi connectivity index (χ2v) is 5.56. The second kappa shape index (κ2) is 12.1. The Kier molecular flexibility index (Phi) is 10.5. The maximum atomic E-state index is 12.5. The number of guanidine groups is 1. The van der Waals surface area contributed by atoms with Gasteiger partial charge in [0.1, 0.15) is 5.75 Å². The number of benzene rings is 1. The van der Waals surface area contributed by atoms with Crippen molar-refractivity contribution in [2.24, 2.45) is 4.99 Å². The molecule has 0 atom stereocenters. The summed E-state index contributed by atoms with van der Waals surface area (Å²) in [6, 6.07) is 2.84. The molecule has 0 aliphatic rings. The van der Waals surface area contributed by atoms with Crippen molar-refractivity contribution < 1.29 is 23.0 Å². The Morgan fingerprint density at radius 3 is 2.60 bits per heavy atom. The Labute approximate surface area is 155 Å². The van der Waals surface area contributed by atoms with Crippen molar-refractivity contribution in [3.8, 4) is 5.75 Å². The van der Waals surface area contributed by atoms with Crippen molar-refractivity contribution in [1.29, 1.82) is 0 Å². The van der Waals surface area contributed by atoms with Crippen LogP contribution in [0, 0.1) is 0 Å². The van der Waals surface area contributed by atoms with Crippen LogP contribution in [0.4, 0.5) is 8.78 Å². The summed E-state index contributed by atoms with van der Waals surface area (Å²) in [5.41, 5.74) is 0.386. The molecule has 10 heteroatoms. The van der Waals surface area contributed by atoms with Gasteiger partial charge in [-0.1, -0.05) is 23.2 Å². The maximum Gasteiger partial charge on any atom is 0.387 e. The van der Waals surface area contributed by atoms with E-state index in [2.05, 4.69) is 20.4 Å². The summed E-state index contributed by atoms with van der Waals surface area (Å²) in [5, 5.41) is 6.33. The summed E-state index contributed by atoms with van der Waals surface area (Å²) in [6.07, 6.45) is 0. The fourth-order valence-corrected chi connectivity index (χ4v) is 2.43. The lowest BCUT2D eigenvalue weighted by Crippen LogP contribution is -2.38. The predicted octanol–water partition coefficient (Wildman–Crippen LogP) is 2.92. The third-order valence-electron chi connectivity index (χ3n) is 2.93. The fraction of sp³-hybridized carbons (Fsp3) is 0.533. The molecule has 25 heavy (non-hydrogen) atoms. The van der Waals surface area contributed by atoms with E-state index < -0.39 is 6.61 Å². The predicted molar refractivity (Wildman–Crippen MR) is 94.0 cm³/mol. The highest BCUT2D eigenvalue weighted by Gasteiger charge is 2.15. The van der Waals surface area contributed by atoms with Crippen LogP contribution in [-0.4, -0.2) is 53.1 Å². The number of aliphatic imine (C=N–C) groups is 1. The van der Waals surface area contributed by atoms with Crippen molar-refractivity contribution in [3.05, 3.63) is 27.7 Å². The number of rotatable bonds is 10. The van der Waals surface area contributed by atoms with Gasteiger partial charge in [0.05, 0.1) is 24.8 Å². The Morgan fingerprint density at radius 1 is 1.20 bits per heavy atom. The topological polar surface area (TPSA) is 64.1 Å². The van der Waals surface area contributed by atoms with Crippen LogP contribution >= 0.6 is 23.2 Å². The zero-order valence-electron chi connectivity index (χ0n) is 14.0. The quantitative estimate of drug-likeness (QED) is 0.359. The van der Waals surface area contributed by atoms with E-state index in [4.69, 9.17) is 32.7 Å². The van der Waals surface area contributed by atoms with Gasteiger partial charge in [0.25, 0.3) is 0 Å². The zero-order chi connectivity index (χ0) is 18.7. The lowest BCUT2D eigenvalue weighted by atomic mass is 10.2. The molecule has 0 spiro atoms. The first kappa shape index (κ1) is 21.7. The molecule has 1 aromatic carbocycles. The number of hydrogen-bond donors (Lipinski definition) is 2. The van der Waals surface area contributed by atoms with Gasteiger partial charge < -0.3 is 24.8 Å². The van der Waals surface area contributed by atoms with Crippen LogP contribution in [0.15, 0.2) is 17.1 Å². The van der Waals surface area contributed by atoms with Crippen LogP contribution in [0.5, 0.6) is 5.75 Å². The molecule has 1 aromatic rings. The van der Waals surface area contributed by atoms with Gasteiger partial charge in [-0.15, -0.1) is 0 Å². The summed E-state index contributed by atoms with van der Waals surface area (Å²) in [4.78, 5) is 4.03. The number of hydrogen-bond acceptors (Lipinski definition) is 4. The van der Waals surface area contributed by atoms with Gasteiger partial charge >= 0.3 is 6.61 Å². The maximum absolute atomic E-state index is 12.5. The minimum Gasteiger partial charge on any atom is -0.433 e. The molecule has 142 valence electrons. The van der Waals surface area contributed by atoms with Gasteiger partial charge in [-0.25, -0.2) is 0 Å². The van der Waals surface area contributed by atoms with Gasteiger partial charge in [-0.05, 0) is 12.1 Å². The molecule has 2 N–H and O–H groups in total. The molecular weight excluding hydrogens is 379 g/mol. The minimum absolute atomic E-state index is 0.0130. The summed E-state index contributed by atoms with van der Waals surface area (Å²) in [6.45, 7) is -0.840. The number of alkyl halides is 2. The molecule has 0 bridgehead atoms. The van der Waals surface area contributed by atoms with E-state index in [1.54, 1.807) is 14.2 Å². The van der Waals surface area contributed by atoms with E-state index in [-0.39, 0.29) is 17.3 Å². The molecule has 1 rings (SSSR count). The highest BCUT2D eigenvalue weighted by molar-refractivity contribution is 6.35. The van der Waals surface area contributed by atoms with Crippen LogP contribution in [-0.2, 0) is 16.0 Å². The lowest BCUT2D eigenvalue weighted by Gasteiger charge is -2.16. The molecule has 0 saturated heterocycles. The molecule has 0 heterocycles. The molecule has 0 amide bonds. The smallest absolute Gasteiger partial charge is 0.387 e. The van der Waals surface area contributed by atoms with E-state index in [1.807, 2.05) is 0 Å².